The van der Waals surface area contributed by atoms with E-state index in [-0.39, 0.29) is 10.8 Å². The van der Waals surface area contributed by atoms with E-state index in [2.05, 4.69) is 32.4 Å². The number of rotatable bonds is 4. The van der Waals surface area contributed by atoms with E-state index in [9.17, 15) is 0 Å². The Bertz CT molecular complexity index is 232. The molecule has 1 unspecified atom stereocenters. The largest absolute Gasteiger partial charge is 0.333 e. The summed E-state index contributed by atoms with van der Waals surface area (Å²) in [5, 5.41) is 0. The van der Waals surface area contributed by atoms with Gasteiger partial charge in [0.2, 0.25) is 0 Å². The summed E-state index contributed by atoms with van der Waals surface area (Å²) >= 11 is 11.1. The summed E-state index contributed by atoms with van der Waals surface area (Å²) in [4.78, 5) is -0.312. The molecule has 2 N–H and O–H groups in total. The van der Waals surface area contributed by atoms with Crippen LogP contribution in [0, 0.1) is 5.92 Å². The van der Waals surface area contributed by atoms with Crippen LogP contribution in [0.1, 0.15) is 34.1 Å². The lowest BCUT2D eigenvalue weighted by atomic mass is 10.1. The molecule has 0 aliphatic rings. The first-order valence-corrected chi connectivity index (χ1v) is 6.46. The zero-order chi connectivity index (χ0) is 14.6. The van der Waals surface area contributed by atoms with Crippen LogP contribution in [0.3, 0.4) is 0 Å². The number of nitrogens with two attached hydrogens (primary N) is 1. The average Bonchev–Trinajstić information content (AvgIpc) is 2.29. The molecule has 3 heteroatoms. The zero-order valence-corrected chi connectivity index (χ0v) is 13.3. The van der Waals surface area contributed by atoms with Gasteiger partial charge in [0.25, 0.3) is 0 Å². The molecule has 0 aliphatic carbocycles. The van der Waals surface area contributed by atoms with Crippen LogP contribution in [0.25, 0.3) is 0 Å². The van der Waals surface area contributed by atoms with Gasteiger partial charge in [0, 0.05) is 5.92 Å². The molecular formula is C14H27Cl2N. The van der Waals surface area contributed by atoms with Crippen molar-refractivity contribution in [3.8, 4) is 0 Å². The molecule has 0 saturated carbocycles. The first-order chi connectivity index (χ1) is 7.73. The third-order valence-corrected chi connectivity index (χ3v) is 2.94. The molecule has 0 fully saturated rings. The molecule has 0 amide bonds. The van der Waals surface area contributed by atoms with Gasteiger partial charge in [-0.15, -0.1) is 23.2 Å². The van der Waals surface area contributed by atoms with E-state index in [0.717, 1.165) is 23.1 Å². The van der Waals surface area contributed by atoms with Crippen molar-refractivity contribution < 1.29 is 0 Å². The molecule has 0 bridgehead atoms. The summed E-state index contributed by atoms with van der Waals surface area (Å²) in [6.45, 7) is 19.1. The van der Waals surface area contributed by atoms with Crippen LogP contribution >= 0.6 is 23.2 Å². The number of alkyl halides is 2. The minimum Gasteiger partial charge on any atom is -0.333 e. The summed E-state index contributed by atoms with van der Waals surface area (Å²) in [6, 6.07) is 0. The minimum atomic E-state index is -0.312. The van der Waals surface area contributed by atoms with E-state index in [1.54, 1.807) is 0 Å². The fraction of sp³-hybridized carbons (Fsp3) is 0.571. The summed E-state index contributed by atoms with van der Waals surface area (Å²) in [7, 11) is 1.50. The average molecular weight is 280 g/mol. The predicted molar refractivity (Wildman–Crippen MR) is 83.8 cm³/mol. The maximum atomic E-state index is 5.53. The number of halogens is 2. The molecule has 0 aromatic carbocycles. The monoisotopic (exact) mass is 279 g/mol. The molecular weight excluding hydrogens is 253 g/mol. The Kier molecular flexibility index (Phi) is 17.9. The van der Waals surface area contributed by atoms with Gasteiger partial charge < -0.3 is 5.73 Å². The van der Waals surface area contributed by atoms with Crippen LogP contribution in [-0.4, -0.2) is 11.9 Å². The lowest BCUT2D eigenvalue weighted by Crippen LogP contribution is -2.03. The van der Waals surface area contributed by atoms with Crippen LogP contribution in [-0.2, 0) is 0 Å². The van der Waals surface area contributed by atoms with Gasteiger partial charge in [-0.1, -0.05) is 50.3 Å². The van der Waals surface area contributed by atoms with E-state index >= 15 is 0 Å². The number of hydrogen-bond donors (Lipinski definition) is 1. The van der Waals surface area contributed by atoms with Gasteiger partial charge in [0.1, 0.15) is 4.84 Å². The fourth-order valence-electron chi connectivity index (χ4n) is 0.517. The fourth-order valence-corrected chi connectivity index (χ4v) is 0.947. The first kappa shape index (κ1) is 22.0. The van der Waals surface area contributed by atoms with Crippen molar-refractivity contribution in [1.82, 2.24) is 0 Å². The van der Waals surface area contributed by atoms with Gasteiger partial charge >= 0.3 is 0 Å². The van der Waals surface area contributed by atoms with Crippen LogP contribution in [0.5, 0.6) is 0 Å². The Morgan fingerprint density at radius 3 is 1.47 bits per heavy atom. The van der Waals surface area contributed by atoms with Gasteiger partial charge in [-0.2, -0.15) is 0 Å². The van der Waals surface area contributed by atoms with Crippen molar-refractivity contribution in [3.05, 3.63) is 36.5 Å². The summed E-state index contributed by atoms with van der Waals surface area (Å²) < 4.78 is 0. The molecule has 17 heavy (non-hydrogen) atoms. The summed E-state index contributed by atoms with van der Waals surface area (Å²) in [5.41, 5.74) is 7.78. The van der Waals surface area contributed by atoms with Crippen molar-refractivity contribution in [1.29, 1.82) is 0 Å². The van der Waals surface area contributed by atoms with Gasteiger partial charge in [-0.25, -0.2) is 0 Å². The topological polar surface area (TPSA) is 26.0 Å². The van der Waals surface area contributed by atoms with E-state index in [0.29, 0.717) is 0 Å². The zero-order valence-electron chi connectivity index (χ0n) is 11.8. The van der Waals surface area contributed by atoms with Crippen LogP contribution in [0.2, 0.25) is 0 Å². The van der Waals surface area contributed by atoms with Crippen molar-refractivity contribution in [3.63, 3.8) is 0 Å². The van der Waals surface area contributed by atoms with Gasteiger partial charge in [0.05, 0.1) is 0 Å². The third-order valence-electron chi connectivity index (χ3n) is 2.19. The highest BCUT2D eigenvalue weighted by atomic mass is 35.5. The Balaban J connectivity index is -0.000000202. The lowest BCUT2D eigenvalue weighted by Gasteiger charge is -2.09. The second kappa shape index (κ2) is 13.8. The Hall–Kier alpha value is -0.240. The second-order valence-electron chi connectivity index (χ2n) is 3.71. The van der Waals surface area contributed by atoms with E-state index in [4.69, 9.17) is 23.2 Å². The highest BCUT2D eigenvalue weighted by Gasteiger charge is 2.09. The minimum absolute atomic E-state index is 0.207. The molecule has 1 nitrogen and oxygen atoms in total. The van der Waals surface area contributed by atoms with Crippen molar-refractivity contribution >= 4 is 23.2 Å². The van der Waals surface area contributed by atoms with E-state index < -0.39 is 0 Å². The Morgan fingerprint density at radius 2 is 1.47 bits per heavy atom. The molecule has 0 spiro atoms. The van der Waals surface area contributed by atoms with Gasteiger partial charge in [-0.05, 0) is 27.3 Å². The van der Waals surface area contributed by atoms with E-state index in [1.165, 1.54) is 7.05 Å². The molecule has 0 saturated heterocycles. The SMILES string of the molecule is C=C(C)C(=C)CC.C=C(C)C(C)C(Cl)Cl.CN. The second-order valence-corrected chi connectivity index (χ2v) is 4.87. The maximum absolute atomic E-state index is 5.53. The third kappa shape index (κ3) is 15.8. The highest BCUT2D eigenvalue weighted by molar-refractivity contribution is 6.44. The smallest absolute Gasteiger partial charge is 0.114 e. The highest BCUT2D eigenvalue weighted by Crippen LogP contribution is 2.20. The molecule has 0 heterocycles. The number of allylic oxidation sites excluding steroid dienone is 3. The van der Waals surface area contributed by atoms with Crippen molar-refractivity contribution in [2.75, 3.05) is 7.05 Å². The standard InChI is InChI=1S/C7H12.C6H10Cl2.CH5N/c1-5-7(4)6(2)3;1-4(2)5(3)6(7)8;1-2/h2,4-5H2,1,3H3;5-6H,1H2,2-3H3;2H2,1H3. The molecule has 102 valence electrons. The van der Waals surface area contributed by atoms with Crippen LogP contribution < -0.4 is 5.73 Å². The van der Waals surface area contributed by atoms with Gasteiger partial charge in [-0.3, -0.25) is 0 Å². The van der Waals surface area contributed by atoms with Crippen molar-refractivity contribution in [2.24, 2.45) is 11.7 Å². The molecule has 0 aromatic heterocycles. The normalized spacial score (nSPS) is 10.4. The predicted octanol–water partition coefficient (Wildman–Crippen LogP) is 5.11. The van der Waals surface area contributed by atoms with Crippen LogP contribution in [0.4, 0.5) is 0 Å². The Labute approximate surface area is 117 Å². The maximum Gasteiger partial charge on any atom is 0.114 e. The number of hydrogen-bond acceptors (Lipinski definition) is 1. The molecule has 1 atom stereocenters. The summed E-state index contributed by atoms with van der Waals surface area (Å²) in [5.74, 6) is 0.207. The van der Waals surface area contributed by atoms with Gasteiger partial charge in [0.15, 0.2) is 0 Å². The summed E-state index contributed by atoms with van der Waals surface area (Å²) in [6.07, 6.45) is 1.02. The quantitative estimate of drug-likeness (QED) is 0.432. The molecule has 0 aromatic rings. The Morgan fingerprint density at radius 1 is 1.12 bits per heavy atom. The molecule has 0 rings (SSSR count). The molecule has 0 radical (unpaired) electrons. The first-order valence-electron chi connectivity index (χ1n) is 5.58. The van der Waals surface area contributed by atoms with E-state index in [1.807, 2.05) is 20.8 Å². The van der Waals surface area contributed by atoms with Crippen molar-refractivity contribution in [2.45, 2.75) is 39.0 Å². The van der Waals surface area contributed by atoms with Crippen LogP contribution in [0.15, 0.2) is 36.5 Å². The molecule has 0 aliphatic heterocycles. The lowest BCUT2D eigenvalue weighted by molar-refractivity contribution is 0.744.